The molecule has 0 saturated carbocycles. The summed E-state index contributed by atoms with van der Waals surface area (Å²) in [7, 11) is 0. The molecule has 0 spiro atoms. The average Bonchev–Trinajstić information content (AvgIpc) is 2.64. The van der Waals surface area contributed by atoms with Gasteiger partial charge in [0, 0.05) is 11.6 Å². The first-order chi connectivity index (χ1) is 11.8. The normalized spacial score (nSPS) is 11.9. The quantitative estimate of drug-likeness (QED) is 0.353. The second-order valence-corrected chi connectivity index (χ2v) is 6.02. The molecule has 1 nitrogen and oxygen atoms in total. The van der Waals surface area contributed by atoms with E-state index in [1.807, 2.05) is 24.3 Å². The van der Waals surface area contributed by atoms with Gasteiger partial charge in [0.2, 0.25) is 0 Å². The molecule has 0 saturated heterocycles. The maximum atomic E-state index is 6.14. The van der Waals surface area contributed by atoms with E-state index >= 15 is 0 Å². The van der Waals surface area contributed by atoms with Crippen LogP contribution in [0.4, 0.5) is 5.69 Å². The molecule has 24 heavy (non-hydrogen) atoms. The molecule has 0 aliphatic carbocycles. The topological polar surface area (TPSA) is 26.0 Å². The summed E-state index contributed by atoms with van der Waals surface area (Å²) in [6, 6.07) is 28.9. The number of nitrogen functional groups attached to an aromatic ring is 1. The van der Waals surface area contributed by atoms with Crippen molar-refractivity contribution < 1.29 is 0 Å². The van der Waals surface area contributed by atoms with Crippen molar-refractivity contribution >= 4 is 28.4 Å². The SMILES string of the molecule is Nc1ccc(C(=C(CCCl)c2ccccc2)c2ccccc2)cc1. The van der Waals surface area contributed by atoms with E-state index in [2.05, 4.69) is 60.7 Å². The second-order valence-electron chi connectivity index (χ2n) is 5.65. The van der Waals surface area contributed by atoms with E-state index in [0.717, 1.165) is 17.7 Å². The van der Waals surface area contributed by atoms with Gasteiger partial charge in [-0.05, 0) is 46.4 Å². The molecule has 0 aliphatic rings. The van der Waals surface area contributed by atoms with E-state index in [1.165, 1.54) is 22.3 Å². The monoisotopic (exact) mass is 333 g/mol. The van der Waals surface area contributed by atoms with Crippen LogP contribution in [0.25, 0.3) is 11.1 Å². The molecule has 2 heteroatoms. The van der Waals surface area contributed by atoms with E-state index in [4.69, 9.17) is 17.3 Å². The Balaban J connectivity index is 2.26. The van der Waals surface area contributed by atoms with Gasteiger partial charge in [-0.15, -0.1) is 11.6 Å². The number of alkyl halides is 1. The summed E-state index contributed by atoms with van der Waals surface area (Å²) in [6.07, 6.45) is 0.806. The molecule has 3 rings (SSSR count). The van der Waals surface area contributed by atoms with Crippen molar-refractivity contribution in [2.75, 3.05) is 11.6 Å². The average molecular weight is 334 g/mol. The molecule has 0 fully saturated rings. The third kappa shape index (κ3) is 3.69. The molecule has 0 radical (unpaired) electrons. The molecule has 0 heterocycles. The fraction of sp³-hybridized carbons (Fsp3) is 0.0909. The second kappa shape index (κ2) is 7.85. The molecule has 3 aromatic rings. The van der Waals surface area contributed by atoms with Gasteiger partial charge in [-0.25, -0.2) is 0 Å². The fourth-order valence-electron chi connectivity index (χ4n) is 2.92. The summed E-state index contributed by atoms with van der Waals surface area (Å²) < 4.78 is 0. The number of benzene rings is 3. The molecule has 2 N–H and O–H groups in total. The molecular weight excluding hydrogens is 314 g/mol. The van der Waals surface area contributed by atoms with Gasteiger partial charge in [-0.2, -0.15) is 0 Å². The largest absolute Gasteiger partial charge is 0.399 e. The van der Waals surface area contributed by atoms with Crippen LogP contribution in [0.1, 0.15) is 23.1 Å². The van der Waals surface area contributed by atoms with E-state index in [0.29, 0.717) is 5.88 Å². The lowest BCUT2D eigenvalue weighted by Crippen LogP contribution is -1.97. The summed E-state index contributed by atoms with van der Waals surface area (Å²) in [5.74, 6) is 0.579. The van der Waals surface area contributed by atoms with Crippen LogP contribution in [-0.2, 0) is 0 Å². The predicted molar refractivity (Wildman–Crippen MR) is 105 cm³/mol. The zero-order valence-electron chi connectivity index (χ0n) is 13.5. The minimum absolute atomic E-state index is 0.579. The van der Waals surface area contributed by atoms with Crippen LogP contribution in [0.5, 0.6) is 0 Å². The number of anilines is 1. The van der Waals surface area contributed by atoms with Crippen molar-refractivity contribution in [2.24, 2.45) is 0 Å². The highest BCUT2D eigenvalue weighted by Crippen LogP contribution is 2.34. The third-order valence-corrected chi connectivity index (χ3v) is 4.22. The standard InChI is InChI=1S/C22H20ClN/c23-16-15-21(17-7-3-1-4-8-17)22(18-9-5-2-6-10-18)19-11-13-20(24)14-12-19/h1-14H,15-16,24H2. The summed E-state index contributed by atoms with van der Waals surface area (Å²) in [4.78, 5) is 0. The number of rotatable bonds is 5. The molecule has 3 aromatic carbocycles. The highest BCUT2D eigenvalue weighted by atomic mass is 35.5. The van der Waals surface area contributed by atoms with Crippen molar-refractivity contribution in [3.63, 3.8) is 0 Å². The Labute approximate surface area is 148 Å². The van der Waals surface area contributed by atoms with Crippen LogP contribution >= 0.6 is 11.6 Å². The zero-order chi connectivity index (χ0) is 16.8. The Hall–Kier alpha value is -2.51. The molecule has 0 amide bonds. The summed E-state index contributed by atoms with van der Waals surface area (Å²) in [6.45, 7) is 0. The van der Waals surface area contributed by atoms with E-state index in [1.54, 1.807) is 0 Å². The van der Waals surface area contributed by atoms with Crippen LogP contribution < -0.4 is 5.73 Å². The molecule has 0 unspecified atom stereocenters. The minimum Gasteiger partial charge on any atom is -0.399 e. The molecular formula is C22H20ClN. The molecule has 120 valence electrons. The van der Waals surface area contributed by atoms with E-state index < -0.39 is 0 Å². The first-order valence-corrected chi connectivity index (χ1v) is 8.59. The summed E-state index contributed by atoms with van der Waals surface area (Å²) >= 11 is 6.14. The number of halogens is 1. The van der Waals surface area contributed by atoms with Crippen LogP contribution in [0.3, 0.4) is 0 Å². The van der Waals surface area contributed by atoms with Crippen molar-refractivity contribution in [3.05, 3.63) is 102 Å². The maximum absolute atomic E-state index is 6.14. The minimum atomic E-state index is 0.579. The Morgan fingerprint density at radius 1 is 0.667 bits per heavy atom. The smallest absolute Gasteiger partial charge is 0.0314 e. The van der Waals surface area contributed by atoms with Gasteiger partial charge in [0.15, 0.2) is 0 Å². The summed E-state index contributed by atoms with van der Waals surface area (Å²) in [5, 5.41) is 0. The van der Waals surface area contributed by atoms with Crippen molar-refractivity contribution in [1.82, 2.24) is 0 Å². The lowest BCUT2D eigenvalue weighted by Gasteiger charge is -2.17. The number of nitrogens with two attached hydrogens (primary N) is 1. The first-order valence-electron chi connectivity index (χ1n) is 8.05. The van der Waals surface area contributed by atoms with Gasteiger partial charge in [-0.1, -0.05) is 72.8 Å². The van der Waals surface area contributed by atoms with Gasteiger partial charge >= 0.3 is 0 Å². The molecule has 0 aromatic heterocycles. The van der Waals surface area contributed by atoms with Crippen LogP contribution in [0.15, 0.2) is 84.9 Å². The Morgan fingerprint density at radius 3 is 1.71 bits per heavy atom. The highest BCUT2D eigenvalue weighted by molar-refractivity contribution is 6.18. The highest BCUT2D eigenvalue weighted by Gasteiger charge is 2.13. The van der Waals surface area contributed by atoms with Crippen LogP contribution in [0, 0.1) is 0 Å². The Bertz CT molecular complexity index is 806. The number of hydrogen-bond donors (Lipinski definition) is 1. The van der Waals surface area contributed by atoms with Crippen molar-refractivity contribution in [1.29, 1.82) is 0 Å². The van der Waals surface area contributed by atoms with Gasteiger partial charge < -0.3 is 5.73 Å². The van der Waals surface area contributed by atoms with Gasteiger partial charge in [0.25, 0.3) is 0 Å². The molecule has 0 bridgehead atoms. The number of hydrogen-bond acceptors (Lipinski definition) is 1. The van der Waals surface area contributed by atoms with Gasteiger partial charge in [0.1, 0.15) is 0 Å². The summed E-state index contributed by atoms with van der Waals surface area (Å²) in [5.41, 5.74) is 12.6. The first kappa shape index (κ1) is 16.4. The Morgan fingerprint density at radius 2 is 1.17 bits per heavy atom. The number of allylic oxidation sites excluding steroid dienone is 1. The van der Waals surface area contributed by atoms with Crippen molar-refractivity contribution in [2.45, 2.75) is 6.42 Å². The van der Waals surface area contributed by atoms with Crippen molar-refractivity contribution in [3.8, 4) is 0 Å². The fourth-order valence-corrected chi connectivity index (χ4v) is 3.11. The van der Waals surface area contributed by atoms with E-state index in [-0.39, 0.29) is 0 Å². The maximum Gasteiger partial charge on any atom is 0.0314 e. The lowest BCUT2D eigenvalue weighted by atomic mass is 9.88. The van der Waals surface area contributed by atoms with Crippen LogP contribution in [0.2, 0.25) is 0 Å². The zero-order valence-corrected chi connectivity index (χ0v) is 14.2. The molecule has 0 atom stereocenters. The van der Waals surface area contributed by atoms with Gasteiger partial charge in [0.05, 0.1) is 0 Å². The lowest BCUT2D eigenvalue weighted by molar-refractivity contribution is 1.25. The van der Waals surface area contributed by atoms with Gasteiger partial charge in [-0.3, -0.25) is 0 Å². The third-order valence-electron chi connectivity index (χ3n) is 4.03. The molecule has 0 aliphatic heterocycles. The predicted octanol–water partition coefficient (Wildman–Crippen LogP) is 5.86. The Kier molecular flexibility index (Phi) is 5.35. The van der Waals surface area contributed by atoms with E-state index in [9.17, 15) is 0 Å². The van der Waals surface area contributed by atoms with Crippen LogP contribution in [-0.4, -0.2) is 5.88 Å².